The molecule has 0 unspecified atom stereocenters. The van der Waals surface area contributed by atoms with E-state index in [-0.39, 0.29) is 5.56 Å². The second-order valence-corrected chi connectivity index (χ2v) is 6.35. The minimum absolute atomic E-state index is 0.120. The molecule has 1 heterocycles. The van der Waals surface area contributed by atoms with Crippen LogP contribution >= 0.6 is 11.6 Å². The molecule has 0 aliphatic carbocycles. The van der Waals surface area contributed by atoms with Gasteiger partial charge in [0.2, 0.25) is 0 Å². The summed E-state index contributed by atoms with van der Waals surface area (Å²) in [5.41, 5.74) is 2.48. The standard InChI is InChI=1S/C21H14ClN3O2/c22-15-9-5-13(6-10-15)19-24-18-4-2-1-3-17(18)20(25-19)23-16-11-7-14(8-12-16)21(26)27/h1-12H,(H,26,27)(H,23,24,25)/p-1. The van der Waals surface area contributed by atoms with Gasteiger partial charge in [0.1, 0.15) is 5.82 Å². The summed E-state index contributed by atoms with van der Waals surface area (Å²) in [7, 11) is 0. The van der Waals surface area contributed by atoms with Crippen LogP contribution in [0.25, 0.3) is 22.3 Å². The molecule has 0 saturated heterocycles. The number of halogens is 1. The third kappa shape index (κ3) is 3.59. The van der Waals surface area contributed by atoms with Crippen LogP contribution in [0.4, 0.5) is 11.5 Å². The number of nitrogens with one attached hydrogen (secondary N) is 1. The van der Waals surface area contributed by atoms with Gasteiger partial charge in [-0.25, -0.2) is 9.97 Å². The smallest absolute Gasteiger partial charge is 0.162 e. The summed E-state index contributed by atoms with van der Waals surface area (Å²) in [5, 5.41) is 15.7. The lowest BCUT2D eigenvalue weighted by atomic mass is 10.1. The van der Waals surface area contributed by atoms with E-state index < -0.39 is 5.97 Å². The SMILES string of the molecule is O=C([O-])c1ccc(Nc2nc(-c3ccc(Cl)cc3)nc3ccccc23)cc1. The Bertz CT molecular complexity index is 1130. The first-order valence-corrected chi connectivity index (χ1v) is 8.59. The highest BCUT2D eigenvalue weighted by molar-refractivity contribution is 6.30. The summed E-state index contributed by atoms with van der Waals surface area (Å²) >= 11 is 5.97. The quantitative estimate of drug-likeness (QED) is 0.583. The molecule has 0 aliphatic rings. The van der Waals surface area contributed by atoms with E-state index in [1.54, 1.807) is 24.3 Å². The van der Waals surface area contributed by atoms with Gasteiger partial charge in [-0.1, -0.05) is 35.9 Å². The number of carboxylic acid groups (broad SMARTS) is 1. The van der Waals surface area contributed by atoms with Crippen LogP contribution in [-0.4, -0.2) is 15.9 Å². The lowest BCUT2D eigenvalue weighted by molar-refractivity contribution is -0.255. The van der Waals surface area contributed by atoms with Crippen LogP contribution in [0.1, 0.15) is 10.4 Å². The molecule has 4 aromatic rings. The Morgan fingerprint density at radius 2 is 1.59 bits per heavy atom. The van der Waals surface area contributed by atoms with E-state index in [0.29, 0.717) is 22.4 Å². The summed E-state index contributed by atoms with van der Waals surface area (Å²) in [4.78, 5) is 20.2. The molecule has 5 nitrogen and oxygen atoms in total. The second kappa shape index (κ2) is 7.05. The normalized spacial score (nSPS) is 10.7. The number of hydrogen-bond acceptors (Lipinski definition) is 5. The molecule has 132 valence electrons. The fourth-order valence-electron chi connectivity index (χ4n) is 2.73. The highest BCUT2D eigenvalue weighted by atomic mass is 35.5. The zero-order valence-corrected chi connectivity index (χ0v) is 14.8. The molecule has 0 atom stereocenters. The number of nitrogens with zero attached hydrogens (tertiary/aromatic N) is 2. The highest BCUT2D eigenvalue weighted by Crippen LogP contribution is 2.28. The average Bonchev–Trinajstić information content (AvgIpc) is 2.69. The molecule has 0 aliphatic heterocycles. The molecule has 0 amide bonds. The number of anilines is 2. The zero-order valence-electron chi connectivity index (χ0n) is 14.0. The number of carbonyl (C=O) groups is 1. The van der Waals surface area contributed by atoms with Gasteiger partial charge in [0.15, 0.2) is 5.82 Å². The lowest BCUT2D eigenvalue weighted by Crippen LogP contribution is -2.21. The van der Waals surface area contributed by atoms with E-state index >= 15 is 0 Å². The number of benzene rings is 3. The summed E-state index contributed by atoms with van der Waals surface area (Å²) in [6.07, 6.45) is 0. The third-order valence-electron chi connectivity index (χ3n) is 4.09. The molecule has 0 radical (unpaired) electrons. The molecular formula is C21H13ClN3O2-. The van der Waals surface area contributed by atoms with Crippen molar-refractivity contribution in [3.8, 4) is 11.4 Å². The van der Waals surface area contributed by atoms with Crippen molar-refractivity contribution < 1.29 is 9.90 Å². The largest absolute Gasteiger partial charge is 0.545 e. The number of aromatic nitrogens is 2. The van der Waals surface area contributed by atoms with Gasteiger partial charge in [-0.3, -0.25) is 0 Å². The molecule has 6 heteroatoms. The Labute approximate surface area is 160 Å². The fraction of sp³-hybridized carbons (Fsp3) is 0. The van der Waals surface area contributed by atoms with Gasteiger partial charge in [0, 0.05) is 21.7 Å². The van der Waals surface area contributed by atoms with Crippen LogP contribution in [0, 0.1) is 0 Å². The van der Waals surface area contributed by atoms with Crippen molar-refractivity contribution in [2.45, 2.75) is 0 Å². The highest BCUT2D eigenvalue weighted by Gasteiger charge is 2.10. The number of aromatic carboxylic acids is 1. The Morgan fingerprint density at radius 1 is 0.889 bits per heavy atom. The summed E-state index contributed by atoms with van der Waals surface area (Å²) < 4.78 is 0. The first-order chi connectivity index (χ1) is 13.1. The van der Waals surface area contributed by atoms with Crippen molar-refractivity contribution in [2.75, 3.05) is 5.32 Å². The maximum Gasteiger partial charge on any atom is 0.162 e. The van der Waals surface area contributed by atoms with Crippen molar-refractivity contribution >= 4 is 40.0 Å². The van der Waals surface area contributed by atoms with Crippen molar-refractivity contribution in [3.63, 3.8) is 0 Å². The van der Waals surface area contributed by atoms with Crippen LogP contribution in [0.15, 0.2) is 72.8 Å². The average molecular weight is 375 g/mol. The Morgan fingerprint density at radius 3 is 2.30 bits per heavy atom. The number of para-hydroxylation sites is 1. The molecule has 0 spiro atoms. The van der Waals surface area contributed by atoms with Gasteiger partial charge < -0.3 is 15.2 Å². The summed E-state index contributed by atoms with van der Waals surface area (Å²) in [6.45, 7) is 0. The monoisotopic (exact) mass is 374 g/mol. The minimum Gasteiger partial charge on any atom is -0.545 e. The maximum absolute atomic E-state index is 10.9. The Balaban J connectivity index is 1.78. The van der Waals surface area contributed by atoms with Gasteiger partial charge >= 0.3 is 0 Å². The van der Waals surface area contributed by atoms with E-state index in [1.807, 2.05) is 36.4 Å². The Kier molecular flexibility index (Phi) is 4.44. The van der Waals surface area contributed by atoms with Crippen LogP contribution in [0.3, 0.4) is 0 Å². The van der Waals surface area contributed by atoms with Gasteiger partial charge in [-0.2, -0.15) is 0 Å². The fourth-order valence-corrected chi connectivity index (χ4v) is 2.85. The second-order valence-electron chi connectivity index (χ2n) is 5.91. The van der Waals surface area contributed by atoms with E-state index in [9.17, 15) is 9.90 Å². The predicted molar refractivity (Wildman–Crippen MR) is 104 cm³/mol. The predicted octanol–water partition coefficient (Wildman–Crippen LogP) is 4.06. The van der Waals surface area contributed by atoms with Crippen molar-refractivity contribution in [1.82, 2.24) is 9.97 Å². The van der Waals surface area contributed by atoms with Crippen LogP contribution in [0.2, 0.25) is 5.02 Å². The molecular weight excluding hydrogens is 362 g/mol. The van der Waals surface area contributed by atoms with Crippen molar-refractivity contribution in [2.24, 2.45) is 0 Å². The first-order valence-electron chi connectivity index (χ1n) is 8.21. The molecule has 1 aromatic heterocycles. The molecule has 4 rings (SSSR count). The molecule has 0 bridgehead atoms. The number of hydrogen-bond donors (Lipinski definition) is 1. The number of carbonyl (C=O) groups excluding carboxylic acids is 1. The van der Waals surface area contributed by atoms with E-state index in [2.05, 4.69) is 15.3 Å². The Hall–Kier alpha value is -3.44. The molecule has 27 heavy (non-hydrogen) atoms. The van der Waals surface area contributed by atoms with Gasteiger partial charge in [0.25, 0.3) is 0 Å². The number of rotatable bonds is 4. The lowest BCUT2D eigenvalue weighted by Gasteiger charge is -2.12. The first kappa shape index (κ1) is 17.0. The summed E-state index contributed by atoms with van der Waals surface area (Å²) in [6, 6.07) is 21.3. The molecule has 3 aromatic carbocycles. The number of carboxylic acids is 1. The summed E-state index contributed by atoms with van der Waals surface area (Å²) in [5.74, 6) is -0.00923. The van der Waals surface area contributed by atoms with Gasteiger partial charge in [-0.05, 0) is 54.1 Å². The van der Waals surface area contributed by atoms with Crippen LogP contribution in [0.5, 0.6) is 0 Å². The van der Waals surface area contributed by atoms with Crippen LogP contribution < -0.4 is 10.4 Å². The molecule has 0 saturated carbocycles. The van der Waals surface area contributed by atoms with Crippen molar-refractivity contribution in [1.29, 1.82) is 0 Å². The van der Waals surface area contributed by atoms with Gasteiger partial charge in [-0.15, -0.1) is 0 Å². The van der Waals surface area contributed by atoms with E-state index in [1.165, 1.54) is 12.1 Å². The van der Waals surface area contributed by atoms with E-state index in [4.69, 9.17) is 11.6 Å². The topological polar surface area (TPSA) is 77.9 Å². The zero-order chi connectivity index (χ0) is 18.8. The van der Waals surface area contributed by atoms with Crippen molar-refractivity contribution in [3.05, 3.63) is 83.4 Å². The van der Waals surface area contributed by atoms with Gasteiger partial charge in [0.05, 0.1) is 11.5 Å². The minimum atomic E-state index is -1.21. The van der Waals surface area contributed by atoms with Crippen LogP contribution in [-0.2, 0) is 0 Å². The third-order valence-corrected chi connectivity index (χ3v) is 4.34. The van der Waals surface area contributed by atoms with E-state index in [0.717, 1.165) is 16.5 Å². The number of fused-ring (bicyclic) bond motifs is 1. The molecule has 0 fully saturated rings. The molecule has 1 N–H and O–H groups in total. The maximum atomic E-state index is 10.9.